The molecule has 20 heavy (non-hydrogen) atoms. The molecule has 5 nitrogen and oxygen atoms in total. The molecule has 108 valence electrons. The molecule has 0 aromatic carbocycles. The third-order valence-corrected chi connectivity index (χ3v) is 4.99. The summed E-state index contributed by atoms with van der Waals surface area (Å²) in [4.78, 5) is 23.5. The second-order valence-corrected chi connectivity index (χ2v) is 6.28. The van der Waals surface area contributed by atoms with Crippen LogP contribution in [0.15, 0.2) is 16.9 Å². The van der Waals surface area contributed by atoms with Crippen molar-refractivity contribution >= 4 is 5.91 Å². The molecule has 1 aromatic heterocycles. The summed E-state index contributed by atoms with van der Waals surface area (Å²) in [6, 6.07) is 3.05. The van der Waals surface area contributed by atoms with Gasteiger partial charge in [0.05, 0.1) is 0 Å². The summed E-state index contributed by atoms with van der Waals surface area (Å²) in [5.41, 5.74) is 0.102. The number of nitrogens with zero attached hydrogens (tertiary/aromatic N) is 2. The molecule has 0 aliphatic heterocycles. The molecule has 0 saturated heterocycles. The van der Waals surface area contributed by atoms with Gasteiger partial charge in [0.1, 0.15) is 5.69 Å². The van der Waals surface area contributed by atoms with E-state index in [9.17, 15) is 9.59 Å². The summed E-state index contributed by atoms with van der Waals surface area (Å²) in [5, 5.41) is 7.05. The second kappa shape index (κ2) is 5.04. The van der Waals surface area contributed by atoms with Crippen LogP contribution >= 0.6 is 0 Å². The van der Waals surface area contributed by atoms with Gasteiger partial charge >= 0.3 is 0 Å². The van der Waals surface area contributed by atoms with E-state index in [2.05, 4.69) is 17.3 Å². The summed E-state index contributed by atoms with van der Waals surface area (Å²) in [6.45, 7) is 2.09. The largest absolute Gasteiger partial charge is 0.348 e. The SMILES string of the molecule is C[C@H](NC(=O)c1ccc(=O)n(C)n1)[C@@H]1C[C@H]2CC[C@H]1C2. The number of nitrogens with one attached hydrogen (secondary N) is 1. The van der Waals surface area contributed by atoms with Gasteiger partial charge in [-0.2, -0.15) is 5.10 Å². The molecule has 0 spiro atoms. The Kier molecular flexibility index (Phi) is 3.36. The molecule has 2 bridgehead atoms. The molecule has 2 aliphatic carbocycles. The van der Waals surface area contributed by atoms with Crippen molar-refractivity contribution in [2.24, 2.45) is 24.8 Å². The van der Waals surface area contributed by atoms with Gasteiger partial charge in [0.25, 0.3) is 11.5 Å². The van der Waals surface area contributed by atoms with Gasteiger partial charge in [-0.3, -0.25) is 9.59 Å². The average Bonchev–Trinajstić information content (AvgIpc) is 3.04. The number of amides is 1. The minimum Gasteiger partial charge on any atom is -0.348 e. The van der Waals surface area contributed by atoms with Crippen LogP contribution in [0.5, 0.6) is 0 Å². The lowest BCUT2D eigenvalue weighted by molar-refractivity contribution is 0.0908. The normalized spacial score (nSPS) is 29.4. The number of carbonyl (C=O) groups is 1. The van der Waals surface area contributed by atoms with Crippen LogP contribution in [0.3, 0.4) is 0 Å². The number of hydrogen-bond donors (Lipinski definition) is 1. The highest BCUT2D eigenvalue weighted by atomic mass is 16.2. The molecule has 3 rings (SSSR count). The number of fused-ring (bicyclic) bond motifs is 2. The average molecular weight is 275 g/mol. The topological polar surface area (TPSA) is 64.0 Å². The number of hydrogen-bond acceptors (Lipinski definition) is 3. The van der Waals surface area contributed by atoms with Crippen molar-refractivity contribution < 1.29 is 4.79 Å². The first-order valence-electron chi connectivity index (χ1n) is 7.40. The molecule has 0 radical (unpaired) electrons. The summed E-state index contributed by atoms with van der Waals surface area (Å²) >= 11 is 0. The summed E-state index contributed by atoms with van der Waals surface area (Å²) in [7, 11) is 1.55. The van der Waals surface area contributed by atoms with Crippen LogP contribution < -0.4 is 10.9 Å². The molecular weight excluding hydrogens is 254 g/mol. The Morgan fingerprint density at radius 1 is 1.40 bits per heavy atom. The van der Waals surface area contributed by atoms with Crippen molar-refractivity contribution in [2.45, 2.75) is 38.6 Å². The van der Waals surface area contributed by atoms with Crippen LogP contribution in [0.1, 0.15) is 43.1 Å². The minimum absolute atomic E-state index is 0.178. The van der Waals surface area contributed by atoms with Crippen molar-refractivity contribution in [1.82, 2.24) is 15.1 Å². The van der Waals surface area contributed by atoms with E-state index in [1.54, 1.807) is 7.05 Å². The van der Waals surface area contributed by atoms with E-state index in [-0.39, 0.29) is 17.5 Å². The molecule has 0 unspecified atom stereocenters. The Labute approximate surface area is 118 Å². The highest BCUT2D eigenvalue weighted by Crippen LogP contribution is 2.49. The third-order valence-electron chi connectivity index (χ3n) is 4.99. The van der Waals surface area contributed by atoms with Gasteiger partial charge in [0, 0.05) is 19.2 Å². The van der Waals surface area contributed by atoms with Crippen LogP contribution in [0.2, 0.25) is 0 Å². The Hall–Kier alpha value is -1.65. The van der Waals surface area contributed by atoms with Gasteiger partial charge in [-0.15, -0.1) is 0 Å². The zero-order chi connectivity index (χ0) is 14.3. The van der Waals surface area contributed by atoms with Crippen molar-refractivity contribution in [3.05, 3.63) is 28.2 Å². The number of rotatable bonds is 3. The molecule has 4 atom stereocenters. The van der Waals surface area contributed by atoms with E-state index in [4.69, 9.17) is 0 Å². The van der Waals surface area contributed by atoms with Gasteiger partial charge in [-0.25, -0.2) is 4.68 Å². The fraction of sp³-hybridized carbons (Fsp3) is 0.667. The molecule has 1 amide bonds. The molecular formula is C15H21N3O2. The molecule has 2 saturated carbocycles. The second-order valence-electron chi connectivity index (χ2n) is 6.28. The van der Waals surface area contributed by atoms with E-state index in [1.165, 1.54) is 42.5 Å². The van der Waals surface area contributed by atoms with Crippen molar-refractivity contribution in [3.8, 4) is 0 Å². The lowest BCUT2D eigenvalue weighted by Gasteiger charge is -2.28. The van der Waals surface area contributed by atoms with E-state index >= 15 is 0 Å². The zero-order valence-electron chi connectivity index (χ0n) is 12.0. The van der Waals surface area contributed by atoms with E-state index in [0.29, 0.717) is 11.6 Å². The maximum atomic E-state index is 12.2. The number of carbonyl (C=O) groups excluding carboxylic acids is 1. The van der Waals surface area contributed by atoms with Crippen LogP contribution in [0.25, 0.3) is 0 Å². The summed E-state index contributed by atoms with van der Waals surface area (Å²) in [5.74, 6) is 2.07. The van der Waals surface area contributed by atoms with Crippen LogP contribution in [-0.2, 0) is 7.05 Å². The Bertz CT molecular complexity index is 581. The van der Waals surface area contributed by atoms with Crippen LogP contribution in [0, 0.1) is 17.8 Å². The van der Waals surface area contributed by atoms with Gasteiger partial charge in [-0.1, -0.05) is 6.42 Å². The van der Waals surface area contributed by atoms with E-state index < -0.39 is 0 Å². The predicted octanol–water partition coefficient (Wildman–Crippen LogP) is 1.33. The van der Waals surface area contributed by atoms with Gasteiger partial charge < -0.3 is 5.32 Å². The standard InChI is InChI=1S/C15H21N3O2/c1-9(12-8-10-3-4-11(12)7-10)16-15(20)13-5-6-14(19)18(2)17-13/h5-6,9-12H,3-4,7-8H2,1-2H3,(H,16,20)/t9-,10-,11-,12-/m0/s1. The fourth-order valence-electron chi connectivity index (χ4n) is 3.92. The molecule has 2 aliphatic rings. The predicted molar refractivity (Wildman–Crippen MR) is 75.3 cm³/mol. The first kappa shape index (κ1) is 13.3. The molecule has 5 heteroatoms. The van der Waals surface area contributed by atoms with Gasteiger partial charge in [0.15, 0.2) is 0 Å². The lowest BCUT2D eigenvalue weighted by atomic mass is 9.84. The lowest BCUT2D eigenvalue weighted by Crippen LogP contribution is -2.41. The van der Waals surface area contributed by atoms with Gasteiger partial charge in [0.2, 0.25) is 0 Å². The maximum absolute atomic E-state index is 12.2. The smallest absolute Gasteiger partial charge is 0.271 e. The molecule has 1 N–H and O–H groups in total. The van der Waals surface area contributed by atoms with Crippen molar-refractivity contribution in [2.75, 3.05) is 0 Å². The minimum atomic E-state index is -0.206. The van der Waals surface area contributed by atoms with E-state index in [0.717, 1.165) is 11.8 Å². The highest BCUT2D eigenvalue weighted by molar-refractivity contribution is 5.92. The quantitative estimate of drug-likeness (QED) is 0.905. The molecule has 2 fully saturated rings. The number of aryl methyl sites for hydroxylation is 1. The highest BCUT2D eigenvalue weighted by Gasteiger charge is 2.42. The number of aromatic nitrogens is 2. The Morgan fingerprint density at radius 2 is 2.20 bits per heavy atom. The van der Waals surface area contributed by atoms with Gasteiger partial charge in [-0.05, 0) is 50.0 Å². The first-order valence-corrected chi connectivity index (χ1v) is 7.40. The monoisotopic (exact) mass is 275 g/mol. The Balaban J connectivity index is 1.66. The van der Waals surface area contributed by atoms with Crippen molar-refractivity contribution in [3.63, 3.8) is 0 Å². The Morgan fingerprint density at radius 3 is 2.80 bits per heavy atom. The van der Waals surface area contributed by atoms with Crippen LogP contribution in [0.4, 0.5) is 0 Å². The van der Waals surface area contributed by atoms with Crippen molar-refractivity contribution in [1.29, 1.82) is 0 Å². The molecule has 1 heterocycles. The molecule has 1 aromatic rings. The van der Waals surface area contributed by atoms with Crippen LogP contribution in [-0.4, -0.2) is 21.7 Å². The summed E-state index contributed by atoms with van der Waals surface area (Å²) < 4.78 is 1.19. The van der Waals surface area contributed by atoms with E-state index in [1.807, 2.05) is 0 Å². The fourth-order valence-corrected chi connectivity index (χ4v) is 3.92. The summed E-state index contributed by atoms with van der Waals surface area (Å²) in [6.07, 6.45) is 5.26. The third kappa shape index (κ3) is 2.37. The zero-order valence-corrected chi connectivity index (χ0v) is 12.0. The first-order chi connectivity index (χ1) is 9.54. The maximum Gasteiger partial charge on any atom is 0.271 e.